The number of pyridine rings is 1. The molecule has 0 radical (unpaired) electrons. The van der Waals surface area contributed by atoms with E-state index >= 15 is 0 Å². The number of aromatic nitrogens is 1. The molecule has 1 atom stereocenters. The molecule has 1 aliphatic rings. The summed E-state index contributed by atoms with van der Waals surface area (Å²) in [7, 11) is 3.75. The van der Waals surface area contributed by atoms with Crippen molar-refractivity contribution in [2.75, 3.05) is 35.8 Å². The summed E-state index contributed by atoms with van der Waals surface area (Å²) in [5, 5.41) is 5.03. The molecule has 4 rings (SSSR count). The summed E-state index contributed by atoms with van der Waals surface area (Å²) in [4.78, 5) is 33.4. The maximum atomic E-state index is 12.8. The van der Waals surface area contributed by atoms with E-state index in [1.165, 1.54) is 0 Å². The van der Waals surface area contributed by atoms with Gasteiger partial charge in [0.1, 0.15) is 0 Å². The fraction of sp³-hybridized carbons (Fsp3) is 0.227. The maximum absolute atomic E-state index is 12.8. The van der Waals surface area contributed by atoms with E-state index in [0.29, 0.717) is 18.1 Å². The monoisotopic (exact) mass is 374 g/mol. The Morgan fingerprint density at radius 1 is 1.11 bits per heavy atom. The molecule has 1 aliphatic heterocycles. The summed E-state index contributed by atoms with van der Waals surface area (Å²) < 4.78 is 0. The van der Waals surface area contributed by atoms with E-state index < -0.39 is 5.92 Å². The highest BCUT2D eigenvalue weighted by atomic mass is 16.2. The van der Waals surface area contributed by atoms with E-state index in [4.69, 9.17) is 0 Å². The van der Waals surface area contributed by atoms with Crippen molar-refractivity contribution in [2.24, 2.45) is 5.92 Å². The molecule has 142 valence electrons. The molecular weight excluding hydrogens is 352 g/mol. The molecule has 1 N–H and O–H groups in total. The second kappa shape index (κ2) is 7.31. The van der Waals surface area contributed by atoms with Gasteiger partial charge in [-0.2, -0.15) is 0 Å². The van der Waals surface area contributed by atoms with Crippen molar-refractivity contribution in [3.05, 3.63) is 60.8 Å². The van der Waals surface area contributed by atoms with E-state index in [1.54, 1.807) is 17.2 Å². The lowest BCUT2D eigenvalue weighted by Gasteiger charge is -2.20. The molecule has 1 fully saturated rings. The number of hydrogen-bond donors (Lipinski definition) is 1. The van der Waals surface area contributed by atoms with Crippen LogP contribution in [0.1, 0.15) is 6.42 Å². The SMILES string of the molecule is CN(C)c1ncccc1NC(=O)C1CC(=O)N(c2cccc3ccccc23)C1. The molecule has 0 spiro atoms. The molecule has 0 aliphatic carbocycles. The second-order valence-electron chi connectivity index (χ2n) is 7.16. The normalized spacial score (nSPS) is 16.4. The van der Waals surface area contributed by atoms with E-state index in [-0.39, 0.29) is 18.2 Å². The molecule has 1 saturated heterocycles. The Balaban J connectivity index is 1.56. The minimum Gasteiger partial charge on any atom is -0.361 e. The summed E-state index contributed by atoms with van der Waals surface area (Å²) in [5.74, 6) is 0.0930. The second-order valence-corrected chi connectivity index (χ2v) is 7.16. The Labute approximate surface area is 163 Å². The molecule has 1 aromatic heterocycles. The summed E-state index contributed by atoms with van der Waals surface area (Å²) >= 11 is 0. The summed E-state index contributed by atoms with van der Waals surface area (Å²) in [5.41, 5.74) is 1.50. The number of rotatable bonds is 4. The van der Waals surface area contributed by atoms with Gasteiger partial charge in [0.2, 0.25) is 11.8 Å². The van der Waals surface area contributed by atoms with Gasteiger partial charge < -0.3 is 15.1 Å². The predicted molar refractivity (Wildman–Crippen MR) is 112 cm³/mol. The molecular formula is C22H22N4O2. The number of benzene rings is 2. The molecule has 2 amide bonds. The van der Waals surface area contributed by atoms with Gasteiger partial charge in [0.05, 0.1) is 17.3 Å². The molecule has 6 nitrogen and oxygen atoms in total. The third-order valence-electron chi connectivity index (χ3n) is 5.02. The lowest BCUT2D eigenvalue weighted by Crippen LogP contribution is -2.28. The van der Waals surface area contributed by atoms with E-state index in [0.717, 1.165) is 16.5 Å². The van der Waals surface area contributed by atoms with Crippen LogP contribution in [0.5, 0.6) is 0 Å². The average Bonchev–Trinajstić information content (AvgIpc) is 3.09. The molecule has 2 aromatic carbocycles. The number of hydrogen-bond acceptors (Lipinski definition) is 4. The minimum absolute atomic E-state index is 0.0319. The number of anilines is 3. The Morgan fingerprint density at radius 2 is 1.89 bits per heavy atom. The number of amides is 2. The molecule has 28 heavy (non-hydrogen) atoms. The first kappa shape index (κ1) is 18.0. The van der Waals surface area contributed by atoms with Crippen LogP contribution in [0.15, 0.2) is 60.8 Å². The van der Waals surface area contributed by atoms with Crippen LogP contribution in [0.2, 0.25) is 0 Å². The molecule has 6 heteroatoms. The number of carbonyl (C=O) groups excluding carboxylic acids is 2. The van der Waals surface area contributed by atoms with Crippen molar-refractivity contribution in [3.63, 3.8) is 0 Å². The quantitative estimate of drug-likeness (QED) is 0.761. The highest BCUT2D eigenvalue weighted by Crippen LogP contribution is 2.32. The van der Waals surface area contributed by atoms with Gasteiger partial charge in [0.15, 0.2) is 5.82 Å². The zero-order valence-corrected chi connectivity index (χ0v) is 15.9. The van der Waals surface area contributed by atoms with Crippen LogP contribution >= 0.6 is 0 Å². The molecule has 3 aromatic rings. The first-order valence-corrected chi connectivity index (χ1v) is 9.26. The Kier molecular flexibility index (Phi) is 4.69. The summed E-state index contributed by atoms with van der Waals surface area (Å²) in [6.07, 6.45) is 1.89. The van der Waals surface area contributed by atoms with Crippen molar-refractivity contribution in [1.82, 2.24) is 4.98 Å². The zero-order chi connectivity index (χ0) is 19.7. The maximum Gasteiger partial charge on any atom is 0.229 e. The lowest BCUT2D eigenvalue weighted by atomic mass is 10.1. The smallest absolute Gasteiger partial charge is 0.229 e. The Hall–Kier alpha value is -3.41. The fourth-order valence-corrected chi connectivity index (χ4v) is 3.65. The molecule has 2 heterocycles. The van der Waals surface area contributed by atoms with Gasteiger partial charge in [0, 0.05) is 38.6 Å². The topological polar surface area (TPSA) is 65.5 Å². The number of nitrogens with zero attached hydrogens (tertiary/aromatic N) is 3. The van der Waals surface area contributed by atoms with E-state index in [1.807, 2.05) is 67.5 Å². The van der Waals surface area contributed by atoms with Crippen molar-refractivity contribution >= 4 is 39.8 Å². The Morgan fingerprint density at radius 3 is 2.71 bits per heavy atom. The first-order valence-electron chi connectivity index (χ1n) is 9.26. The number of carbonyl (C=O) groups is 2. The van der Waals surface area contributed by atoms with Crippen molar-refractivity contribution in [2.45, 2.75) is 6.42 Å². The van der Waals surface area contributed by atoms with Crippen LogP contribution in [0.3, 0.4) is 0 Å². The lowest BCUT2D eigenvalue weighted by molar-refractivity contribution is -0.122. The van der Waals surface area contributed by atoms with Crippen molar-refractivity contribution in [1.29, 1.82) is 0 Å². The molecule has 0 saturated carbocycles. The Bertz CT molecular complexity index is 1040. The molecule has 0 bridgehead atoms. The van der Waals surface area contributed by atoms with Crippen LogP contribution in [-0.4, -0.2) is 37.4 Å². The third-order valence-corrected chi connectivity index (χ3v) is 5.02. The van der Waals surface area contributed by atoms with Crippen LogP contribution in [0.25, 0.3) is 10.8 Å². The van der Waals surface area contributed by atoms with Gasteiger partial charge >= 0.3 is 0 Å². The largest absolute Gasteiger partial charge is 0.361 e. The van der Waals surface area contributed by atoms with E-state index in [2.05, 4.69) is 10.3 Å². The van der Waals surface area contributed by atoms with Crippen molar-refractivity contribution in [3.8, 4) is 0 Å². The zero-order valence-electron chi connectivity index (χ0n) is 15.9. The van der Waals surface area contributed by atoms with Crippen LogP contribution in [0, 0.1) is 5.92 Å². The van der Waals surface area contributed by atoms with Gasteiger partial charge in [-0.1, -0.05) is 36.4 Å². The highest BCUT2D eigenvalue weighted by molar-refractivity contribution is 6.08. The third kappa shape index (κ3) is 3.29. The van der Waals surface area contributed by atoms with Gasteiger partial charge in [-0.05, 0) is 23.6 Å². The highest BCUT2D eigenvalue weighted by Gasteiger charge is 2.36. The van der Waals surface area contributed by atoms with Crippen LogP contribution in [-0.2, 0) is 9.59 Å². The minimum atomic E-state index is -0.401. The van der Waals surface area contributed by atoms with Crippen LogP contribution < -0.4 is 15.1 Å². The van der Waals surface area contributed by atoms with Gasteiger partial charge in [-0.15, -0.1) is 0 Å². The number of nitrogens with one attached hydrogen (secondary N) is 1. The van der Waals surface area contributed by atoms with Gasteiger partial charge in [0.25, 0.3) is 0 Å². The summed E-state index contributed by atoms with van der Waals surface area (Å²) in [6.45, 7) is 0.371. The fourth-order valence-electron chi connectivity index (χ4n) is 3.65. The standard InChI is InChI=1S/C22H22N4O2/c1-25(2)21-18(10-6-12-23-21)24-22(28)16-13-20(27)26(14-16)19-11-5-8-15-7-3-4-9-17(15)19/h3-12,16H,13-14H2,1-2H3,(H,24,28). The van der Waals surface area contributed by atoms with E-state index in [9.17, 15) is 9.59 Å². The first-order chi connectivity index (χ1) is 13.5. The number of fused-ring (bicyclic) bond motifs is 1. The summed E-state index contributed by atoms with van der Waals surface area (Å²) in [6, 6.07) is 17.5. The van der Waals surface area contributed by atoms with Gasteiger partial charge in [-0.3, -0.25) is 9.59 Å². The van der Waals surface area contributed by atoms with Gasteiger partial charge in [-0.25, -0.2) is 4.98 Å². The average molecular weight is 374 g/mol. The van der Waals surface area contributed by atoms with Crippen LogP contribution in [0.4, 0.5) is 17.2 Å². The predicted octanol–water partition coefficient (Wildman–Crippen LogP) is 3.29. The van der Waals surface area contributed by atoms with Crippen molar-refractivity contribution < 1.29 is 9.59 Å². The molecule has 1 unspecified atom stereocenters.